The molecule has 1 atom stereocenters. The van der Waals surface area contributed by atoms with Crippen molar-refractivity contribution < 1.29 is 4.74 Å². The van der Waals surface area contributed by atoms with E-state index in [1.165, 1.54) is 49.7 Å². The van der Waals surface area contributed by atoms with Crippen molar-refractivity contribution in [1.29, 1.82) is 0 Å². The highest BCUT2D eigenvalue weighted by molar-refractivity contribution is 5.39. The maximum Gasteiger partial charge on any atom is 0.124 e. The van der Waals surface area contributed by atoms with E-state index < -0.39 is 0 Å². The smallest absolute Gasteiger partial charge is 0.124 e. The van der Waals surface area contributed by atoms with Gasteiger partial charge in [-0.2, -0.15) is 0 Å². The lowest BCUT2D eigenvalue weighted by Gasteiger charge is -2.22. The number of unbranched alkanes of at least 4 members (excludes halogenated alkanes) is 4. The first-order chi connectivity index (χ1) is 10.2. The normalized spacial score (nSPS) is 12.4. The number of hydrogen-bond acceptors (Lipinski definition) is 2. The maximum absolute atomic E-state index is 5.82. The standard InChI is InChI=1S/C19H33NO/c1-5-8-9-10-11-12-18(20-6-2)17-15-16(4)13-14-19(17)21-7-3/h13-15,18,20H,5-12H2,1-4H3. The molecule has 2 nitrogen and oxygen atoms in total. The molecular weight excluding hydrogens is 258 g/mol. The third-order valence-electron chi connectivity index (χ3n) is 3.89. The van der Waals surface area contributed by atoms with Gasteiger partial charge in [0.2, 0.25) is 0 Å². The van der Waals surface area contributed by atoms with E-state index in [2.05, 4.69) is 51.2 Å². The predicted molar refractivity (Wildman–Crippen MR) is 92.1 cm³/mol. The second-order valence-corrected chi connectivity index (χ2v) is 5.79. The molecule has 0 aliphatic carbocycles. The van der Waals surface area contributed by atoms with Crippen LogP contribution in [0.5, 0.6) is 5.75 Å². The second-order valence-electron chi connectivity index (χ2n) is 5.79. The van der Waals surface area contributed by atoms with Crippen molar-refractivity contribution in [2.75, 3.05) is 13.2 Å². The molecule has 1 aromatic rings. The Bertz CT molecular complexity index is 389. The summed E-state index contributed by atoms with van der Waals surface area (Å²) in [4.78, 5) is 0. The molecular formula is C19H33NO. The van der Waals surface area contributed by atoms with E-state index >= 15 is 0 Å². The lowest BCUT2D eigenvalue weighted by atomic mass is 9.97. The van der Waals surface area contributed by atoms with E-state index in [4.69, 9.17) is 4.74 Å². The summed E-state index contributed by atoms with van der Waals surface area (Å²) < 4.78 is 5.82. The van der Waals surface area contributed by atoms with Crippen LogP contribution < -0.4 is 10.1 Å². The summed E-state index contributed by atoms with van der Waals surface area (Å²) in [6.45, 7) is 10.4. The Kier molecular flexibility index (Phi) is 9.16. The molecule has 2 heteroatoms. The monoisotopic (exact) mass is 291 g/mol. The topological polar surface area (TPSA) is 21.3 Å². The molecule has 0 aromatic heterocycles. The van der Waals surface area contributed by atoms with E-state index in [1.807, 2.05) is 0 Å². The predicted octanol–water partition coefficient (Wildman–Crippen LogP) is 5.40. The fourth-order valence-electron chi connectivity index (χ4n) is 2.79. The molecule has 1 N–H and O–H groups in total. The quantitative estimate of drug-likeness (QED) is 0.551. The Morgan fingerprint density at radius 2 is 1.81 bits per heavy atom. The largest absolute Gasteiger partial charge is 0.494 e. The summed E-state index contributed by atoms with van der Waals surface area (Å²) in [5.74, 6) is 1.04. The van der Waals surface area contributed by atoms with E-state index in [9.17, 15) is 0 Å². The Hall–Kier alpha value is -1.02. The molecule has 0 saturated carbocycles. The molecule has 0 spiro atoms. The molecule has 0 amide bonds. The first-order valence-electron chi connectivity index (χ1n) is 8.69. The zero-order chi connectivity index (χ0) is 15.5. The average molecular weight is 291 g/mol. The fraction of sp³-hybridized carbons (Fsp3) is 0.684. The Labute approximate surface area is 131 Å². The molecule has 0 aliphatic heterocycles. The average Bonchev–Trinajstić information content (AvgIpc) is 2.48. The van der Waals surface area contributed by atoms with Crippen molar-refractivity contribution in [2.24, 2.45) is 0 Å². The van der Waals surface area contributed by atoms with Crippen molar-refractivity contribution in [2.45, 2.75) is 72.3 Å². The molecule has 0 heterocycles. The van der Waals surface area contributed by atoms with Gasteiger partial charge in [-0.05, 0) is 32.9 Å². The zero-order valence-electron chi connectivity index (χ0n) is 14.4. The highest BCUT2D eigenvalue weighted by Crippen LogP contribution is 2.30. The van der Waals surface area contributed by atoms with E-state index in [1.54, 1.807) is 0 Å². The molecule has 0 radical (unpaired) electrons. The highest BCUT2D eigenvalue weighted by Gasteiger charge is 2.15. The van der Waals surface area contributed by atoms with Gasteiger partial charge in [-0.1, -0.05) is 63.6 Å². The first kappa shape index (κ1) is 18.0. The molecule has 1 unspecified atom stereocenters. The van der Waals surface area contributed by atoms with Crippen molar-refractivity contribution >= 4 is 0 Å². The summed E-state index contributed by atoms with van der Waals surface area (Å²) in [6.07, 6.45) is 7.86. The third kappa shape index (κ3) is 6.52. The van der Waals surface area contributed by atoms with Crippen molar-refractivity contribution in [3.63, 3.8) is 0 Å². The van der Waals surface area contributed by atoms with Crippen LogP contribution in [0.3, 0.4) is 0 Å². The zero-order valence-corrected chi connectivity index (χ0v) is 14.4. The molecule has 0 bridgehead atoms. The maximum atomic E-state index is 5.82. The van der Waals surface area contributed by atoms with Gasteiger partial charge in [0.05, 0.1) is 6.61 Å². The summed E-state index contributed by atoms with van der Waals surface area (Å²) in [7, 11) is 0. The van der Waals surface area contributed by atoms with Gasteiger partial charge in [0.1, 0.15) is 5.75 Å². The SMILES string of the molecule is CCCCCCCC(NCC)c1cc(C)ccc1OCC. The Morgan fingerprint density at radius 1 is 1.05 bits per heavy atom. The Balaban J connectivity index is 2.71. The van der Waals surface area contributed by atoms with E-state index in [-0.39, 0.29) is 0 Å². The van der Waals surface area contributed by atoms with Crippen LogP contribution in [-0.2, 0) is 0 Å². The molecule has 0 saturated heterocycles. The van der Waals surface area contributed by atoms with Crippen molar-refractivity contribution in [3.05, 3.63) is 29.3 Å². The van der Waals surface area contributed by atoms with Crippen LogP contribution in [0, 0.1) is 6.92 Å². The van der Waals surface area contributed by atoms with Gasteiger partial charge in [0.15, 0.2) is 0 Å². The van der Waals surface area contributed by atoms with Crippen LogP contribution in [-0.4, -0.2) is 13.2 Å². The lowest BCUT2D eigenvalue weighted by molar-refractivity contribution is 0.329. The molecule has 1 rings (SSSR count). The second kappa shape index (κ2) is 10.7. The highest BCUT2D eigenvalue weighted by atomic mass is 16.5. The van der Waals surface area contributed by atoms with Crippen molar-refractivity contribution in [3.8, 4) is 5.75 Å². The van der Waals surface area contributed by atoms with Gasteiger partial charge in [0.25, 0.3) is 0 Å². The van der Waals surface area contributed by atoms with Gasteiger partial charge < -0.3 is 10.1 Å². The first-order valence-corrected chi connectivity index (χ1v) is 8.69. The summed E-state index contributed by atoms with van der Waals surface area (Å²) in [6, 6.07) is 6.96. The molecule has 1 aromatic carbocycles. The minimum absolute atomic E-state index is 0.415. The van der Waals surface area contributed by atoms with Crippen LogP contribution in [0.1, 0.15) is 76.5 Å². The number of ether oxygens (including phenoxy) is 1. The van der Waals surface area contributed by atoms with E-state index in [0.717, 1.165) is 18.9 Å². The van der Waals surface area contributed by atoms with Crippen LogP contribution in [0.15, 0.2) is 18.2 Å². The van der Waals surface area contributed by atoms with E-state index in [0.29, 0.717) is 6.04 Å². The minimum Gasteiger partial charge on any atom is -0.494 e. The third-order valence-corrected chi connectivity index (χ3v) is 3.89. The number of aryl methyl sites for hydroxylation is 1. The summed E-state index contributed by atoms with van der Waals surface area (Å²) in [5.41, 5.74) is 2.64. The van der Waals surface area contributed by atoms with Gasteiger partial charge in [-0.15, -0.1) is 0 Å². The number of rotatable bonds is 11. The number of nitrogens with one attached hydrogen (secondary N) is 1. The number of benzene rings is 1. The summed E-state index contributed by atoms with van der Waals surface area (Å²) >= 11 is 0. The van der Waals surface area contributed by atoms with Crippen molar-refractivity contribution in [1.82, 2.24) is 5.32 Å². The Morgan fingerprint density at radius 3 is 2.48 bits per heavy atom. The molecule has 21 heavy (non-hydrogen) atoms. The van der Waals surface area contributed by atoms with Crippen LogP contribution >= 0.6 is 0 Å². The number of hydrogen-bond donors (Lipinski definition) is 1. The fourth-order valence-corrected chi connectivity index (χ4v) is 2.79. The summed E-state index contributed by atoms with van der Waals surface area (Å²) in [5, 5.41) is 3.64. The molecule has 0 fully saturated rings. The van der Waals surface area contributed by atoms with Crippen LogP contribution in [0.2, 0.25) is 0 Å². The van der Waals surface area contributed by atoms with Crippen LogP contribution in [0.25, 0.3) is 0 Å². The van der Waals surface area contributed by atoms with Gasteiger partial charge in [-0.25, -0.2) is 0 Å². The lowest BCUT2D eigenvalue weighted by Crippen LogP contribution is -2.21. The van der Waals surface area contributed by atoms with Gasteiger partial charge in [0, 0.05) is 11.6 Å². The van der Waals surface area contributed by atoms with Gasteiger partial charge >= 0.3 is 0 Å². The minimum atomic E-state index is 0.415. The van der Waals surface area contributed by atoms with Gasteiger partial charge in [-0.3, -0.25) is 0 Å². The molecule has 0 aliphatic rings. The molecule has 120 valence electrons. The van der Waals surface area contributed by atoms with Crippen LogP contribution in [0.4, 0.5) is 0 Å².